The Labute approximate surface area is 227 Å². The number of ether oxygens (including phenoxy) is 2. The van der Waals surface area contributed by atoms with Gasteiger partial charge in [0.1, 0.15) is 11.8 Å². The SMILES string of the molecule is Cl.O=C(COc1cccc2c1C(=O)N(C1CCC(=O)NC1=O)C2=O)NCCCCCCOC1CCNCC1. The normalized spacial score (nSPS) is 19.6. The van der Waals surface area contributed by atoms with E-state index in [1.165, 1.54) is 12.1 Å². The molecule has 1 aromatic rings. The molecule has 3 aliphatic rings. The second-order valence-corrected chi connectivity index (χ2v) is 9.50. The molecule has 0 bridgehead atoms. The van der Waals surface area contributed by atoms with E-state index in [0.717, 1.165) is 63.1 Å². The highest BCUT2D eigenvalue weighted by molar-refractivity contribution is 6.24. The van der Waals surface area contributed by atoms with Crippen LogP contribution in [0.5, 0.6) is 5.75 Å². The molecule has 4 rings (SSSR count). The van der Waals surface area contributed by atoms with Crippen LogP contribution in [-0.4, -0.2) is 79.4 Å². The molecule has 3 N–H and O–H groups in total. The topological polar surface area (TPSA) is 143 Å². The maximum absolute atomic E-state index is 13.1. The van der Waals surface area contributed by atoms with Crippen LogP contribution >= 0.6 is 12.4 Å². The van der Waals surface area contributed by atoms with Crippen LogP contribution in [0.2, 0.25) is 0 Å². The van der Waals surface area contributed by atoms with Crippen molar-refractivity contribution in [1.82, 2.24) is 20.9 Å². The number of unbranched alkanes of at least 4 members (excludes halogenated alkanes) is 3. The molecular formula is C26H35ClN4O7. The quantitative estimate of drug-likeness (QED) is 0.261. The molecule has 1 unspecified atom stereocenters. The van der Waals surface area contributed by atoms with Crippen molar-refractivity contribution < 1.29 is 33.4 Å². The van der Waals surface area contributed by atoms with Crippen LogP contribution in [0.4, 0.5) is 0 Å². The summed E-state index contributed by atoms with van der Waals surface area (Å²) in [6.07, 6.45) is 6.49. The number of benzene rings is 1. The van der Waals surface area contributed by atoms with Crippen molar-refractivity contribution in [2.45, 2.75) is 63.5 Å². The van der Waals surface area contributed by atoms with Crippen LogP contribution in [0.15, 0.2) is 18.2 Å². The predicted molar refractivity (Wildman–Crippen MR) is 139 cm³/mol. The summed E-state index contributed by atoms with van der Waals surface area (Å²) in [5.74, 6) is -2.63. The van der Waals surface area contributed by atoms with E-state index in [9.17, 15) is 24.0 Å². The van der Waals surface area contributed by atoms with E-state index in [0.29, 0.717) is 12.6 Å². The molecule has 0 aliphatic carbocycles. The maximum Gasteiger partial charge on any atom is 0.266 e. The summed E-state index contributed by atoms with van der Waals surface area (Å²) >= 11 is 0. The van der Waals surface area contributed by atoms with Gasteiger partial charge in [0.2, 0.25) is 11.8 Å². The van der Waals surface area contributed by atoms with E-state index in [2.05, 4.69) is 16.0 Å². The number of amides is 5. The fourth-order valence-electron chi connectivity index (χ4n) is 4.82. The molecule has 12 heteroatoms. The standard InChI is InChI=1S/C26H34N4O7.ClH/c31-21-9-8-19(24(33)29-21)30-25(34)18-6-5-7-20(23(18)26(30)35)37-16-22(32)28-12-3-1-2-4-15-36-17-10-13-27-14-11-17;/h5-7,17,19,27H,1-4,8-16H2,(H,28,32)(H,29,31,33);1H. The molecular weight excluding hydrogens is 516 g/mol. The minimum Gasteiger partial charge on any atom is -0.483 e. The number of hydrogen-bond donors (Lipinski definition) is 3. The first-order valence-electron chi connectivity index (χ1n) is 13.0. The largest absolute Gasteiger partial charge is 0.483 e. The van der Waals surface area contributed by atoms with Crippen LogP contribution in [0.1, 0.15) is 72.1 Å². The zero-order valence-corrected chi connectivity index (χ0v) is 22.1. The number of rotatable bonds is 12. The molecule has 0 spiro atoms. The van der Waals surface area contributed by atoms with Crippen LogP contribution in [0.3, 0.4) is 0 Å². The zero-order chi connectivity index (χ0) is 26.2. The number of imide groups is 2. The van der Waals surface area contributed by atoms with Crippen LogP contribution in [0.25, 0.3) is 0 Å². The number of carbonyl (C=O) groups is 5. The molecule has 2 saturated heterocycles. The van der Waals surface area contributed by atoms with Gasteiger partial charge < -0.3 is 20.1 Å². The van der Waals surface area contributed by atoms with E-state index in [-0.39, 0.29) is 54.6 Å². The molecule has 208 valence electrons. The molecule has 2 fully saturated rings. The summed E-state index contributed by atoms with van der Waals surface area (Å²) in [4.78, 5) is 62.7. The van der Waals surface area contributed by atoms with E-state index in [1.807, 2.05) is 0 Å². The third-order valence-electron chi connectivity index (χ3n) is 6.82. The first-order chi connectivity index (χ1) is 18.0. The fourth-order valence-corrected chi connectivity index (χ4v) is 4.82. The van der Waals surface area contributed by atoms with Crippen molar-refractivity contribution in [2.24, 2.45) is 0 Å². The van der Waals surface area contributed by atoms with Crippen molar-refractivity contribution in [3.8, 4) is 5.75 Å². The highest BCUT2D eigenvalue weighted by Gasteiger charge is 2.46. The van der Waals surface area contributed by atoms with Gasteiger partial charge in [0, 0.05) is 19.6 Å². The molecule has 1 aromatic carbocycles. The van der Waals surface area contributed by atoms with Gasteiger partial charge >= 0.3 is 0 Å². The van der Waals surface area contributed by atoms with E-state index in [4.69, 9.17) is 9.47 Å². The van der Waals surface area contributed by atoms with Crippen LogP contribution < -0.4 is 20.7 Å². The van der Waals surface area contributed by atoms with Gasteiger partial charge in [-0.05, 0) is 57.3 Å². The summed E-state index contributed by atoms with van der Waals surface area (Å²) in [5.41, 5.74) is 0.133. The summed E-state index contributed by atoms with van der Waals surface area (Å²) in [6.45, 7) is 3.03. The highest BCUT2D eigenvalue weighted by atomic mass is 35.5. The first kappa shape index (κ1) is 29.5. The molecule has 38 heavy (non-hydrogen) atoms. The third kappa shape index (κ3) is 7.30. The third-order valence-corrected chi connectivity index (χ3v) is 6.82. The number of carbonyl (C=O) groups excluding carboxylic acids is 5. The van der Waals surface area contributed by atoms with E-state index in [1.54, 1.807) is 6.07 Å². The van der Waals surface area contributed by atoms with Gasteiger partial charge in [0.05, 0.1) is 17.2 Å². The van der Waals surface area contributed by atoms with Crippen molar-refractivity contribution >= 4 is 41.9 Å². The average Bonchev–Trinajstić information content (AvgIpc) is 3.15. The molecule has 5 amide bonds. The van der Waals surface area contributed by atoms with Crippen LogP contribution in [-0.2, 0) is 19.1 Å². The highest BCUT2D eigenvalue weighted by Crippen LogP contribution is 2.33. The minimum absolute atomic E-state index is 0. The van der Waals surface area contributed by atoms with Gasteiger partial charge in [-0.25, -0.2) is 0 Å². The summed E-state index contributed by atoms with van der Waals surface area (Å²) in [7, 11) is 0. The Morgan fingerprint density at radius 1 is 1.00 bits per heavy atom. The van der Waals surface area contributed by atoms with Crippen molar-refractivity contribution in [3.05, 3.63) is 29.3 Å². The molecule has 0 aromatic heterocycles. The number of nitrogens with zero attached hydrogens (tertiary/aromatic N) is 1. The lowest BCUT2D eigenvalue weighted by Gasteiger charge is -2.27. The molecule has 3 heterocycles. The number of halogens is 1. The van der Waals surface area contributed by atoms with E-state index >= 15 is 0 Å². The fraction of sp³-hybridized carbons (Fsp3) is 0.577. The van der Waals surface area contributed by atoms with Crippen molar-refractivity contribution in [1.29, 1.82) is 0 Å². The van der Waals surface area contributed by atoms with Gasteiger partial charge in [-0.2, -0.15) is 0 Å². The number of hydrogen-bond acceptors (Lipinski definition) is 8. The summed E-state index contributed by atoms with van der Waals surface area (Å²) < 4.78 is 11.5. The van der Waals surface area contributed by atoms with Gasteiger partial charge in [0.15, 0.2) is 6.61 Å². The Kier molecular flexibility index (Phi) is 11.1. The van der Waals surface area contributed by atoms with Crippen molar-refractivity contribution in [3.63, 3.8) is 0 Å². The summed E-state index contributed by atoms with van der Waals surface area (Å²) in [6, 6.07) is 3.49. The minimum atomic E-state index is -1.06. The lowest BCUT2D eigenvalue weighted by Crippen LogP contribution is -2.54. The first-order valence-corrected chi connectivity index (χ1v) is 13.0. The maximum atomic E-state index is 13.1. The van der Waals surface area contributed by atoms with Gasteiger partial charge in [-0.3, -0.25) is 34.2 Å². The number of fused-ring (bicyclic) bond motifs is 1. The van der Waals surface area contributed by atoms with Gasteiger partial charge in [-0.1, -0.05) is 18.9 Å². The lowest BCUT2D eigenvalue weighted by molar-refractivity contribution is -0.136. The van der Waals surface area contributed by atoms with Gasteiger partial charge in [0.25, 0.3) is 17.7 Å². The number of piperidine rings is 2. The van der Waals surface area contributed by atoms with E-state index < -0.39 is 29.7 Å². The Morgan fingerprint density at radius 2 is 1.76 bits per heavy atom. The predicted octanol–water partition coefficient (Wildman–Crippen LogP) is 1.33. The molecule has 11 nitrogen and oxygen atoms in total. The Bertz CT molecular complexity index is 1040. The molecule has 0 saturated carbocycles. The molecule has 3 aliphatic heterocycles. The Balaban J connectivity index is 0.00000400. The summed E-state index contributed by atoms with van der Waals surface area (Å²) in [5, 5.41) is 8.29. The monoisotopic (exact) mass is 550 g/mol. The zero-order valence-electron chi connectivity index (χ0n) is 21.3. The molecule has 1 atom stereocenters. The smallest absolute Gasteiger partial charge is 0.266 e. The van der Waals surface area contributed by atoms with Gasteiger partial charge in [-0.15, -0.1) is 12.4 Å². The van der Waals surface area contributed by atoms with Crippen molar-refractivity contribution in [2.75, 3.05) is 32.8 Å². The second-order valence-electron chi connectivity index (χ2n) is 9.50. The molecule has 0 radical (unpaired) electrons. The Morgan fingerprint density at radius 3 is 2.53 bits per heavy atom. The second kappa shape index (κ2) is 14.2. The average molecular weight is 551 g/mol. The Hall–Kier alpha value is -3.02. The lowest BCUT2D eigenvalue weighted by atomic mass is 10.0. The van der Waals surface area contributed by atoms with Crippen LogP contribution in [0, 0.1) is 0 Å². The number of nitrogens with one attached hydrogen (secondary N) is 3.